The first-order valence-corrected chi connectivity index (χ1v) is 5.63. The highest BCUT2D eigenvalue weighted by Crippen LogP contribution is 2.37. The molecule has 0 radical (unpaired) electrons. The van der Waals surface area contributed by atoms with E-state index in [1.54, 1.807) is 6.07 Å². The lowest BCUT2D eigenvalue weighted by Gasteiger charge is -2.38. The first-order valence-electron chi connectivity index (χ1n) is 5.63. The lowest BCUT2D eigenvalue weighted by atomic mass is 9.80. The molecule has 1 aromatic rings. The van der Waals surface area contributed by atoms with E-state index in [9.17, 15) is 9.90 Å². The molecule has 1 fully saturated rings. The van der Waals surface area contributed by atoms with Crippen molar-refractivity contribution < 1.29 is 14.6 Å². The number of hydrogen-bond acceptors (Lipinski definition) is 3. The highest BCUT2D eigenvalue weighted by molar-refractivity contribution is 5.69. The number of carbonyl (C=O) groups is 1. The normalized spacial score (nSPS) is 22.8. The van der Waals surface area contributed by atoms with Crippen molar-refractivity contribution in [2.75, 3.05) is 6.61 Å². The van der Waals surface area contributed by atoms with E-state index in [4.69, 9.17) is 4.74 Å². The molecule has 0 unspecified atom stereocenters. The van der Waals surface area contributed by atoms with Crippen LogP contribution in [-0.2, 0) is 4.74 Å². The molecule has 1 aromatic carbocycles. The van der Waals surface area contributed by atoms with Crippen molar-refractivity contribution >= 4 is 6.09 Å². The summed E-state index contributed by atoms with van der Waals surface area (Å²) in [4.78, 5) is 11.3. The number of benzene rings is 1. The highest BCUT2D eigenvalue weighted by Gasteiger charge is 2.37. The van der Waals surface area contributed by atoms with Gasteiger partial charge in [-0.3, -0.25) is 0 Å². The number of rotatable bonds is 1. The van der Waals surface area contributed by atoms with Crippen LogP contribution in [0.25, 0.3) is 0 Å². The van der Waals surface area contributed by atoms with Gasteiger partial charge < -0.3 is 15.2 Å². The molecule has 4 nitrogen and oxygen atoms in total. The molecule has 0 aliphatic carbocycles. The van der Waals surface area contributed by atoms with Crippen LogP contribution in [0.3, 0.4) is 0 Å². The van der Waals surface area contributed by atoms with E-state index in [-0.39, 0.29) is 23.3 Å². The van der Waals surface area contributed by atoms with E-state index in [1.165, 1.54) is 0 Å². The van der Waals surface area contributed by atoms with Crippen molar-refractivity contribution in [3.8, 4) is 5.75 Å². The number of phenols is 1. The van der Waals surface area contributed by atoms with E-state index in [0.29, 0.717) is 6.61 Å². The van der Waals surface area contributed by atoms with Crippen molar-refractivity contribution in [2.24, 2.45) is 5.41 Å². The third kappa shape index (κ3) is 2.20. The number of hydrogen-bond donors (Lipinski definition) is 2. The topological polar surface area (TPSA) is 58.6 Å². The van der Waals surface area contributed by atoms with Crippen molar-refractivity contribution in [3.63, 3.8) is 0 Å². The standard InChI is InChI=1S/C13H17NO3/c1-8-6-9(4-5-10(8)15)11-13(2,3)7-17-12(16)14-11/h4-6,11,15H,7H2,1-3H3,(H,14,16)/t11-/m0/s1. The van der Waals surface area contributed by atoms with Gasteiger partial charge in [0, 0.05) is 5.41 Å². The number of phenolic OH excluding ortho intramolecular Hbond substituents is 1. The van der Waals surface area contributed by atoms with Gasteiger partial charge in [0.15, 0.2) is 0 Å². The summed E-state index contributed by atoms with van der Waals surface area (Å²) >= 11 is 0. The average molecular weight is 235 g/mol. The molecule has 2 rings (SSSR count). The van der Waals surface area contributed by atoms with Crippen LogP contribution in [0.4, 0.5) is 4.79 Å². The molecule has 1 amide bonds. The fourth-order valence-corrected chi connectivity index (χ4v) is 2.08. The Kier molecular flexibility index (Phi) is 2.73. The van der Waals surface area contributed by atoms with Crippen LogP contribution in [0.15, 0.2) is 18.2 Å². The maximum absolute atomic E-state index is 11.3. The van der Waals surface area contributed by atoms with Crippen LogP contribution < -0.4 is 5.32 Å². The van der Waals surface area contributed by atoms with Crippen LogP contribution in [0.2, 0.25) is 0 Å². The molecule has 1 aliphatic heterocycles. The van der Waals surface area contributed by atoms with Gasteiger partial charge in [-0.25, -0.2) is 4.79 Å². The SMILES string of the molecule is Cc1cc([C@@H]2NC(=O)OCC2(C)C)ccc1O. The minimum atomic E-state index is -0.389. The number of amides is 1. The molecule has 1 atom stereocenters. The fraction of sp³-hybridized carbons (Fsp3) is 0.462. The molecule has 1 aliphatic rings. The molecule has 0 spiro atoms. The van der Waals surface area contributed by atoms with Gasteiger partial charge >= 0.3 is 6.09 Å². The van der Waals surface area contributed by atoms with Crippen molar-refractivity contribution in [1.82, 2.24) is 5.32 Å². The van der Waals surface area contributed by atoms with Gasteiger partial charge in [-0.05, 0) is 24.1 Å². The highest BCUT2D eigenvalue weighted by atomic mass is 16.6. The van der Waals surface area contributed by atoms with Gasteiger partial charge in [-0.15, -0.1) is 0 Å². The second-order valence-electron chi connectivity index (χ2n) is 5.19. The Balaban J connectivity index is 2.36. The third-order valence-electron chi connectivity index (χ3n) is 3.17. The number of nitrogens with one attached hydrogen (secondary N) is 1. The van der Waals surface area contributed by atoms with Gasteiger partial charge in [0.1, 0.15) is 12.4 Å². The summed E-state index contributed by atoms with van der Waals surface area (Å²) in [5.41, 5.74) is 1.62. The van der Waals surface area contributed by atoms with E-state index in [0.717, 1.165) is 11.1 Å². The maximum atomic E-state index is 11.3. The summed E-state index contributed by atoms with van der Waals surface area (Å²) in [5, 5.41) is 12.3. The van der Waals surface area contributed by atoms with E-state index >= 15 is 0 Å². The Labute approximate surface area is 101 Å². The number of aromatic hydroxyl groups is 1. The zero-order valence-corrected chi connectivity index (χ0v) is 10.3. The largest absolute Gasteiger partial charge is 0.508 e. The molecule has 0 saturated carbocycles. The first kappa shape index (κ1) is 11.8. The van der Waals surface area contributed by atoms with Crippen molar-refractivity contribution in [2.45, 2.75) is 26.8 Å². The summed E-state index contributed by atoms with van der Waals surface area (Å²) in [5.74, 6) is 0.268. The smallest absolute Gasteiger partial charge is 0.407 e. The molecule has 17 heavy (non-hydrogen) atoms. The molecule has 2 N–H and O–H groups in total. The molecular formula is C13H17NO3. The fourth-order valence-electron chi connectivity index (χ4n) is 2.08. The predicted molar refractivity (Wildman–Crippen MR) is 63.8 cm³/mol. The molecule has 0 aromatic heterocycles. The number of aryl methyl sites for hydroxylation is 1. The van der Waals surface area contributed by atoms with Gasteiger partial charge in [0.2, 0.25) is 0 Å². The molecule has 1 saturated heterocycles. The summed E-state index contributed by atoms with van der Waals surface area (Å²) in [6, 6.07) is 5.29. The summed E-state index contributed by atoms with van der Waals surface area (Å²) in [6.45, 7) is 6.31. The summed E-state index contributed by atoms with van der Waals surface area (Å²) < 4.78 is 5.00. The minimum absolute atomic E-state index is 0.0944. The summed E-state index contributed by atoms with van der Waals surface area (Å²) in [7, 11) is 0. The van der Waals surface area contributed by atoms with Crippen LogP contribution >= 0.6 is 0 Å². The Morgan fingerprint density at radius 1 is 1.47 bits per heavy atom. The van der Waals surface area contributed by atoms with Gasteiger partial charge in [-0.2, -0.15) is 0 Å². The monoisotopic (exact) mass is 235 g/mol. The zero-order valence-electron chi connectivity index (χ0n) is 10.3. The Morgan fingerprint density at radius 3 is 2.82 bits per heavy atom. The van der Waals surface area contributed by atoms with Gasteiger partial charge in [-0.1, -0.05) is 26.0 Å². The van der Waals surface area contributed by atoms with Gasteiger partial charge in [0.25, 0.3) is 0 Å². The quantitative estimate of drug-likeness (QED) is 0.786. The Morgan fingerprint density at radius 2 is 2.18 bits per heavy atom. The zero-order chi connectivity index (χ0) is 12.6. The van der Waals surface area contributed by atoms with Crippen molar-refractivity contribution in [3.05, 3.63) is 29.3 Å². The Bertz CT molecular complexity index is 454. The average Bonchev–Trinajstić information content (AvgIpc) is 2.26. The third-order valence-corrected chi connectivity index (χ3v) is 3.17. The minimum Gasteiger partial charge on any atom is -0.508 e. The lowest BCUT2D eigenvalue weighted by molar-refractivity contribution is 0.0387. The number of carbonyl (C=O) groups excluding carboxylic acids is 1. The van der Waals surface area contributed by atoms with Gasteiger partial charge in [0.05, 0.1) is 6.04 Å². The van der Waals surface area contributed by atoms with Crippen LogP contribution in [0, 0.1) is 12.3 Å². The number of ether oxygens (including phenoxy) is 1. The first-order chi connectivity index (χ1) is 7.90. The molecule has 4 heteroatoms. The molecule has 92 valence electrons. The van der Waals surface area contributed by atoms with Crippen LogP contribution in [0.1, 0.15) is 31.0 Å². The second-order valence-corrected chi connectivity index (χ2v) is 5.19. The van der Waals surface area contributed by atoms with Crippen LogP contribution in [0.5, 0.6) is 5.75 Å². The van der Waals surface area contributed by atoms with E-state index in [2.05, 4.69) is 5.32 Å². The molecule has 0 bridgehead atoms. The molecule has 1 heterocycles. The molecular weight excluding hydrogens is 218 g/mol. The second kappa shape index (κ2) is 3.95. The predicted octanol–water partition coefficient (Wildman–Crippen LogP) is 2.51. The number of alkyl carbamates (subject to hydrolysis) is 1. The van der Waals surface area contributed by atoms with E-state index in [1.807, 2.05) is 32.9 Å². The maximum Gasteiger partial charge on any atom is 0.407 e. The Hall–Kier alpha value is -1.71. The lowest BCUT2D eigenvalue weighted by Crippen LogP contribution is -2.46. The summed E-state index contributed by atoms with van der Waals surface area (Å²) in [6.07, 6.45) is -0.389. The number of cyclic esters (lactones) is 1. The van der Waals surface area contributed by atoms with Crippen molar-refractivity contribution in [1.29, 1.82) is 0 Å². The van der Waals surface area contributed by atoms with Crippen LogP contribution in [-0.4, -0.2) is 17.8 Å². The van der Waals surface area contributed by atoms with E-state index < -0.39 is 0 Å².